The van der Waals surface area contributed by atoms with Crippen molar-refractivity contribution in [2.45, 2.75) is 12.5 Å². The molecule has 1 fully saturated rings. The molecule has 3 rings (SSSR count). The van der Waals surface area contributed by atoms with Gasteiger partial charge in [-0.3, -0.25) is 14.5 Å². The van der Waals surface area contributed by atoms with E-state index in [9.17, 15) is 9.59 Å². The highest BCUT2D eigenvalue weighted by Gasteiger charge is 2.39. The maximum absolute atomic E-state index is 12.2. The summed E-state index contributed by atoms with van der Waals surface area (Å²) >= 11 is 0. The second-order valence-electron chi connectivity index (χ2n) is 4.93. The molecule has 2 aromatic rings. The zero-order chi connectivity index (χ0) is 14.8. The van der Waals surface area contributed by atoms with Crippen LogP contribution in [0.5, 0.6) is 5.75 Å². The summed E-state index contributed by atoms with van der Waals surface area (Å²) in [4.78, 5) is 25.6. The van der Waals surface area contributed by atoms with Gasteiger partial charge in [-0.25, -0.2) is 0 Å². The van der Waals surface area contributed by atoms with Crippen LogP contribution in [0.2, 0.25) is 0 Å². The van der Waals surface area contributed by atoms with Crippen molar-refractivity contribution in [1.29, 1.82) is 0 Å². The number of carbonyl (C=O) groups excluding carboxylic acids is 2. The summed E-state index contributed by atoms with van der Waals surface area (Å²) < 4.78 is 5.14. The van der Waals surface area contributed by atoms with E-state index in [1.165, 1.54) is 0 Å². The second-order valence-corrected chi connectivity index (χ2v) is 4.93. The number of nitrogens with zero attached hydrogens (tertiary/aromatic N) is 1. The van der Waals surface area contributed by atoms with Crippen molar-refractivity contribution >= 4 is 17.4 Å². The highest BCUT2D eigenvalue weighted by molar-refractivity contribution is 6.44. The zero-order valence-corrected chi connectivity index (χ0v) is 11.7. The number of carbonyl (C=O) groups is 2. The lowest BCUT2D eigenvalue weighted by Crippen LogP contribution is -2.29. The topological polar surface area (TPSA) is 46.6 Å². The molecule has 0 saturated carbocycles. The number of amides is 1. The summed E-state index contributed by atoms with van der Waals surface area (Å²) in [7, 11) is 1.61. The van der Waals surface area contributed by atoms with Crippen LogP contribution in [-0.4, -0.2) is 18.8 Å². The summed E-state index contributed by atoms with van der Waals surface area (Å²) in [6, 6.07) is 16.5. The van der Waals surface area contributed by atoms with E-state index in [1.54, 1.807) is 12.0 Å². The fourth-order valence-corrected chi connectivity index (χ4v) is 2.61. The zero-order valence-electron chi connectivity index (χ0n) is 11.7. The van der Waals surface area contributed by atoms with Crippen molar-refractivity contribution in [2.24, 2.45) is 0 Å². The first-order valence-corrected chi connectivity index (χ1v) is 6.76. The maximum atomic E-state index is 12.2. The van der Waals surface area contributed by atoms with Gasteiger partial charge in [0, 0.05) is 12.1 Å². The molecule has 2 aromatic carbocycles. The van der Waals surface area contributed by atoms with Crippen LogP contribution in [0.3, 0.4) is 0 Å². The predicted molar refractivity (Wildman–Crippen MR) is 79.3 cm³/mol. The minimum Gasteiger partial charge on any atom is -0.497 e. The molecule has 0 unspecified atom stereocenters. The Hall–Kier alpha value is -2.62. The average Bonchev–Trinajstić information content (AvgIpc) is 2.84. The number of ketones is 1. The van der Waals surface area contributed by atoms with E-state index >= 15 is 0 Å². The smallest absolute Gasteiger partial charge is 0.295 e. The molecule has 0 N–H and O–H groups in total. The van der Waals surface area contributed by atoms with Gasteiger partial charge in [-0.15, -0.1) is 0 Å². The van der Waals surface area contributed by atoms with Gasteiger partial charge in [0.15, 0.2) is 0 Å². The summed E-state index contributed by atoms with van der Waals surface area (Å²) in [5.41, 5.74) is 1.67. The molecule has 0 spiro atoms. The largest absolute Gasteiger partial charge is 0.497 e. The second kappa shape index (κ2) is 5.40. The van der Waals surface area contributed by atoms with Crippen LogP contribution in [0.1, 0.15) is 18.0 Å². The Morgan fingerprint density at radius 3 is 2.29 bits per heavy atom. The number of para-hydroxylation sites is 1. The molecule has 4 heteroatoms. The lowest BCUT2D eigenvalue weighted by atomic mass is 10.0. The van der Waals surface area contributed by atoms with Gasteiger partial charge in [0.2, 0.25) is 5.78 Å². The van der Waals surface area contributed by atoms with Crippen molar-refractivity contribution in [3.63, 3.8) is 0 Å². The van der Waals surface area contributed by atoms with Gasteiger partial charge in [0.1, 0.15) is 5.75 Å². The molecule has 106 valence electrons. The van der Waals surface area contributed by atoms with Gasteiger partial charge >= 0.3 is 0 Å². The lowest BCUT2D eigenvalue weighted by molar-refractivity contribution is -0.133. The number of ether oxygens (including phenoxy) is 1. The Morgan fingerprint density at radius 1 is 1.00 bits per heavy atom. The Labute approximate surface area is 123 Å². The molecule has 1 heterocycles. The van der Waals surface area contributed by atoms with Crippen LogP contribution in [0, 0.1) is 0 Å². The molecule has 4 nitrogen and oxygen atoms in total. The average molecular weight is 281 g/mol. The summed E-state index contributed by atoms with van der Waals surface area (Å²) in [6.45, 7) is 0. The van der Waals surface area contributed by atoms with E-state index < -0.39 is 5.91 Å². The molecule has 1 amide bonds. The first-order valence-electron chi connectivity index (χ1n) is 6.76. The molecule has 1 aliphatic rings. The predicted octanol–water partition coefficient (Wildman–Crippen LogP) is 2.74. The third-order valence-electron chi connectivity index (χ3n) is 3.68. The third kappa shape index (κ3) is 2.40. The third-order valence-corrected chi connectivity index (χ3v) is 3.68. The molecular formula is C17H15NO3. The minimum atomic E-state index is -0.443. The fourth-order valence-electron chi connectivity index (χ4n) is 2.61. The molecule has 21 heavy (non-hydrogen) atoms. The van der Waals surface area contributed by atoms with Gasteiger partial charge in [0.25, 0.3) is 5.91 Å². The van der Waals surface area contributed by atoms with Crippen molar-refractivity contribution in [3.05, 3.63) is 60.2 Å². The van der Waals surface area contributed by atoms with Gasteiger partial charge < -0.3 is 4.74 Å². The SMILES string of the molecule is COc1ccc([C@@H]2CC(=O)C(=O)N2c2ccccc2)cc1. The number of hydrogen-bond acceptors (Lipinski definition) is 3. The summed E-state index contributed by atoms with van der Waals surface area (Å²) in [5, 5.41) is 0. The van der Waals surface area contributed by atoms with E-state index in [0.29, 0.717) is 0 Å². The molecule has 1 atom stereocenters. The van der Waals surface area contributed by atoms with Gasteiger partial charge in [-0.2, -0.15) is 0 Å². The Kier molecular flexibility index (Phi) is 3.44. The molecular weight excluding hydrogens is 266 g/mol. The quantitative estimate of drug-likeness (QED) is 0.813. The number of benzene rings is 2. The van der Waals surface area contributed by atoms with Crippen molar-refractivity contribution in [1.82, 2.24) is 0 Å². The van der Waals surface area contributed by atoms with E-state index in [0.717, 1.165) is 17.0 Å². The van der Waals surface area contributed by atoms with E-state index in [2.05, 4.69) is 0 Å². The summed E-state index contributed by atoms with van der Waals surface area (Å²) in [5.74, 6) is -0.0395. The molecule has 0 aromatic heterocycles. The van der Waals surface area contributed by atoms with Gasteiger partial charge in [-0.1, -0.05) is 30.3 Å². The molecule has 1 saturated heterocycles. The van der Waals surface area contributed by atoms with Crippen LogP contribution in [-0.2, 0) is 9.59 Å². The Balaban J connectivity index is 1.99. The van der Waals surface area contributed by atoms with E-state index in [-0.39, 0.29) is 18.2 Å². The Bertz CT molecular complexity index is 664. The fraction of sp³-hybridized carbons (Fsp3) is 0.176. The van der Waals surface area contributed by atoms with Crippen LogP contribution < -0.4 is 9.64 Å². The van der Waals surface area contributed by atoms with Crippen LogP contribution >= 0.6 is 0 Å². The van der Waals surface area contributed by atoms with Crippen molar-refractivity contribution in [3.8, 4) is 5.75 Å². The number of hydrogen-bond donors (Lipinski definition) is 0. The van der Waals surface area contributed by atoms with Gasteiger partial charge in [-0.05, 0) is 29.8 Å². The monoisotopic (exact) mass is 281 g/mol. The first-order chi connectivity index (χ1) is 10.2. The van der Waals surface area contributed by atoms with Crippen LogP contribution in [0.15, 0.2) is 54.6 Å². The standard InChI is InChI=1S/C17H15NO3/c1-21-14-9-7-12(8-10-14)15-11-16(19)17(20)18(15)13-5-3-2-4-6-13/h2-10,15H,11H2,1H3/t15-/m0/s1. The van der Waals surface area contributed by atoms with E-state index in [1.807, 2.05) is 54.6 Å². The molecule has 0 bridgehead atoms. The normalized spacial score (nSPS) is 18.1. The minimum absolute atomic E-state index is 0.208. The number of anilines is 1. The first kappa shape index (κ1) is 13.4. The Morgan fingerprint density at radius 2 is 1.67 bits per heavy atom. The number of Topliss-reactive ketones (excluding diaryl/α,β-unsaturated/α-hetero) is 1. The van der Waals surface area contributed by atoms with Gasteiger partial charge in [0.05, 0.1) is 13.2 Å². The highest BCUT2D eigenvalue weighted by Crippen LogP contribution is 2.35. The lowest BCUT2D eigenvalue weighted by Gasteiger charge is -2.24. The number of rotatable bonds is 3. The highest BCUT2D eigenvalue weighted by atomic mass is 16.5. The van der Waals surface area contributed by atoms with Crippen molar-refractivity contribution < 1.29 is 14.3 Å². The summed E-state index contributed by atoms with van der Waals surface area (Å²) in [6.07, 6.45) is 0.208. The number of methoxy groups -OCH3 is 1. The van der Waals surface area contributed by atoms with E-state index in [4.69, 9.17) is 4.74 Å². The van der Waals surface area contributed by atoms with Crippen LogP contribution in [0.4, 0.5) is 5.69 Å². The molecule has 1 aliphatic heterocycles. The van der Waals surface area contributed by atoms with Crippen molar-refractivity contribution in [2.75, 3.05) is 12.0 Å². The molecule has 0 aliphatic carbocycles. The molecule has 0 radical (unpaired) electrons. The van der Waals surface area contributed by atoms with Crippen LogP contribution in [0.25, 0.3) is 0 Å². The maximum Gasteiger partial charge on any atom is 0.295 e.